The zero-order chi connectivity index (χ0) is 7.14. The summed E-state index contributed by atoms with van der Waals surface area (Å²) in [4.78, 5) is 0. The Morgan fingerprint density at radius 2 is 1.40 bits per heavy atom. The summed E-state index contributed by atoms with van der Waals surface area (Å²) >= 11 is 0. The van der Waals surface area contributed by atoms with Gasteiger partial charge in [0.2, 0.25) is 0 Å². The second kappa shape index (κ2) is 2.04. The van der Waals surface area contributed by atoms with Gasteiger partial charge in [0, 0.05) is 5.57 Å². The molecule has 0 atom stereocenters. The molecule has 0 aromatic heterocycles. The molecular weight excluding hydrogens is 134 g/mol. The van der Waals surface area contributed by atoms with E-state index in [0.29, 0.717) is 5.57 Å². The molecule has 0 aliphatic heterocycles. The lowest BCUT2D eigenvalue weighted by molar-refractivity contribution is 0.399. The van der Waals surface area contributed by atoms with E-state index < -0.39 is 6.08 Å². The van der Waals surface area contributed by atoms with E-state index in [1.165, 1.54) is 0 Å². The van der Waals surface area contributed by atoms with Crippen molar-refractivity contribution in [1.82, 2.24) is 0 Å². The highest BCUT2D eigenvalue weighted by Crippen LogP contribution is 2.50. The second-order valence-corrected chi connectivity index (χ2v) is 3.26. The Bertz CT molecular complexity index is 158. The van der Waals surface area contributed by atoms with Crippen molar-refractivity contribution in [2.75, 3.05) is 0 Å². The first-order valence-electron chi connectivity index (χ1n) is 3.84. The van der Waals surface area contributed by atoms with Crippen LogP contribution in [0, 0.1) is 11.8 Å². The van der Waals surface area contributed by atoms with Crippen molar-refractivity contribution in [3.8, 4) is 0 Å². The molecule has 2 fully saturated rings. The number of halogens is 2. The molecule has 0 heterocycles. The number of allylic oxidation sites excluding steroid dienone is 1. The van der Waals surface area contributed by atoms with Crippen molar-refractivity contribution in [2.24, 2.45) is 11.8 Å². The largest absolute Gasteiger partial charge is 0.270 e. The van der Waals surface area contributed by atoms with Crippen molar-refractivity contribution in [2.45, 2.75) is 25.7 Å². The van der Waals surface area contributed by atoms with Gasteiger partial charge in [0.25, 0.3) is 6.08 Å². The summed E-state index contributed by atoms with van der Waals surface area (Å²) < 4.78 is 24.3. The predicted octanol–water partition coefficient (Wildman–Crippen LogP) is 2.96. The van der Waals surface area contributed by atoms with Crippen molar-refractivity contribution in [3.63, 3.8) is 0 Å². The molecule has 0 spiro atoms. The fraction of sp³-hybridized carbons (Fsp3) is 0.750. The molecule has 0 radical (unpaired) electrons. The van der Waals surface area contributed by atoms with Crippen molar-refractivity contribution >= 4 is 0 Å². The minimum absolute atomic E-state index is 0.259. The van der Waals surface area contributed by atoms with Gasteiger partial charge in [-0.05, 0) is 37.5 Å². The molecule has 0 saturated heterocycles. The summed E-state index contributed by atoms with van der Waals surface area (Å²) in [6.07, 6.45) is 2.66. The molecule has 2 rings (SSSR count). The van der Waals surface area contributed by atoms with Gasteiger partial charge < -0.3 is 0 Å². The third kappa shape index (κ3) is 0.710. The fourth-order valence-corrected chi connectivity index (χ4v) is 2.36. The molecule has 2 aliphatic rings. The third-order valence-electron chi connectivity index (χ3n) is 2.83. The van der Waals surface area contributed by atoms with Crippen molar-refractivity contribution in [1.29, 1.82) is 0 Å². The molecule has 0 amide bonds. The Hall–Kier alpha value is -0.400. The van der Waals surface area contributed by atoms with Gasteiger partial charge >= 0.3 is 0 Å². The summed E-state index contributed by atoms with van der Waals surface area (Å²) in [5, 5.41) is 0. The number of hydrogen-bond acceptors (Lipinski definition) is 0. The molecule has 2 aliphatic carbocycles. The fourth-order valence-electron chi connectivity index (χ4n) is 2.36. The Labute approximate surface area is 58.9 Å². The molecule has 0 nitrogen and oxygen atoms in total. The van der Waals surface area contributed by atoms with Gasteiger partial charge in [0.15, 0.2) is 0 Å². The Morgan fingerprint density at radius 1 is 1.00 bits per heavy atom. The number of hydrogen-bond donors (Lipinski definition) is 0. The summed E-state index contributed by atoms with van der Waals surface area (Å²) in [6, 6.07) is 0. The van der Waals surface area contributed by atoms with E-state index in [4.69, 9.17) is 0 Å². The average molecular weight is 144 g/mol. The first-order valence-corrected chi connectivity index (χ1v) is 3.84. The van der Waals surface area contributed by atoms with E-state index in [1.807, 2.05) is 0 Å². The summed E-state index contributed by atoms with van der Waals surface area (Å²) in [5.41, 5.74) is 0.500. The second-order valence-electron chi connectivity index (χ2n) is 3.26. The summed E-state index contributed by atoms with van der Waals surface area (Å²) in [6.45, 7) is 0. The zero-order valence-corrected chi connectivity index (χ0v) is 5.74. The molecular formula is C8H10F2. The standard InChI is InChI=1S/C8H10F2/c9-8(10)7-5-1-2-6(7)4-3-5/h5-6H,1-4H2. The molecule has 2 bridgehead atoms. The van der Waals surface area contributed by atoms with Crippen LogP contribution in [-0.2, 0) is 0 Å². The van der Waals surface area contributed by atoms with Gasteiger partial charge in [0.1, 0.15) is 0 Å². The Morgan fingerprint density at radius 3 is 1.60 bits per heavy atom. The lowest BCUT2D eigenvalue weighted by Crippen LogP contribution is -1.90. The van der Waals surface area contributed by atoms with E-state index in [2.05, 4.69) is 0 Å². The molecule has 10 heavy (non-hydrogen) atoms. The molecule has 2 saturated carbocycles. The van der Waals surface area contributed by atoms with Gasteiger partial charge in [-0.25, -0.2) is 0 Å². The van der Waals surface area contributed by atoms with Crippen LogP contribution in [0.1, 0.15) is 25.7 Å². The SMILES string of the molecule is FC(F)=C1C2CCC1CC2. The van der Waals surface area contributed by atoms with Crippen LogP contribution in [0.4, 0.5) is 8.78 Å². The van der Waals surface area contributed by atoms with Crippen molar-refractivity contribution in [3.05, 3.63) is 11.7 Å². The highest BCUT2D eigenvalue weighted by molar-refractivity contribution is 5.20. The van der Waals surface area contributed by atoms with Crippen molar-refractivity contribution < 1.29 is 8.78 Å². The quantitative estimate of drug-likeness (QED) is 0.490. The van der Waals surface area contributed by atoms with E-state index in [0.717, 1.165) is 25.7 Å². The monoisotopic (exact) mass is 144 g/mol. The van der Waals surface area contributed by atoms with E-state index in [1.54, 1.807) is 0 Å². The lowest BCUT2D eigenvalue weighted by Gasteiger charge is -2.03. The van der Waals surface area contributed by atoms with E-state index in [9.17, 15) is 8.78 Å². The van der Waals surface area contributed by atoms with Gasteiger partial charge in [-0.3, -0.25) is 0 Å². The van der Waals surface area contributed by atoms with Crippen LogP contribution >= 0.6 is 0 Å². The Kier molecular flexibility index (Phi) is 1.29. The topological polar surface area (TPSA) is 0 Å². The maximum absolute atomic E-state index is 12.2. The van der Waals surface area contributed by atoms with Crippen LogP contribution in [-0.4, -0.2) is 0 Å². The molecule has 2 heteroatoms. The molecule has 0 N–H and O–H groups in total. The maximum Gasteiger partial charge on any atom is 0.270 e. The lowest BCUT2D eigenvalue weighted by atomic mass is 10.0. The van der Waals surface area contributed by atoms with Crippen LogP contribution in [0.3, 0.4) is 0 Å². The van der Waals surface area contributed by atoms with Crippen LogP contribution < -0.4 is 0 Å². The molecule has 0 aromatic carbocycles. The first-order chi connectivity index (χ1) is 4.79. The maximum atomic E-state index is 12.2. The normalized spacial score (nSPS) is 37.2. The van der Waals surface area contributed by atoms with Gasteiger partial charge in [0.05, 0.1) is 0 Å². The minimum atomic E-state index is -1.38. The first kappa shape index (κ1) is 6.32. The van der Waals surface area contributed by atoms with Gasteiger partial charge in [-0.1, -0.05) is 0 Å². The number of fused-ring (bicyclic) bond motifs is 2. The van der Waals surface area contributed by atoms with Crippen LogP contribution in [0.15, 0.2) is 11.7 Å². The minimum Gasteiger partial charge on any atom is -0.173 e. The Balaban J connectivity index is 2.33. The number of rotatable bonds is 0. The molecule has 0 unspecified atom stereocenters. The van der Waals surface area contributed by atoms with E-state index in [-0.39, 0.29) is 11.8 Å². The van der Waals surface area contributed by atoms with Gasteiger partial charge in [-0.2, -0.15) is 8.78 Å². The van der Waals surface area contributed by atoms with Gasteiger partial charge in [-0.15, -0.1) is 0 Å². The van der Waals surface area contributed by atoms with Crippen LogP contribution in [0.25, 0.3) is 0 Å². The molecule has 0 aromatic rings. The smallest absolute Gasteiger partial charge is 0.173 e. The third-order valence-corrected chi connectivity index (χ3v) is 2.83. The highest BCUT2D eigenvalue weighted by Gasteiger charge is 2.39. The summed E-state index contributed by atoms with van der Waals surface area (Å²) in [7, 11) is 0. The zero-order valence-electron chi connectivity index (χ0n) is 5.74. The van der Waals surface area contributed by atoms with Crippen LogP contribution in [0.2, 0.25) is 0 Å². The van der Waals surface area contributed by atoms with E-state index >= 15 is 0 Å². The van der Waals surface area contributed by atoms with Crippen LogP contribution in [0.5, 0.6) is 0 Å². The predicted molar refractivity (Wildman–Crippen MR) is 34.7 cm³/mol. The highest BCUT2D eigenvalue weighted by atomic mass is 19.3. The average Bonchev–Trinajstić information content (AvgIpc) is 2.43. The summed E-state index contributed by atoms with van der Waals surface area (Å²) in [5.74, 6) is 0.519. The molecule has 56 valence electrons.